The number of aliphatic hydroxyl groups is 2. The molecule has 3 rings (SSSR count). The Labute approximate surface area is 231 Å². The van der Waals surface area contributed by atoms with E-state index in [1.54, 1.807) is 17.8 Å². The highest BCUT2D eigenvalue weighted by Gasteiger charge is 2.28. The molecule has 0 aliphatic heterocycles. The topological polar surface area (TPSA) is 125 Å². The van der Waals surface area contributed by atoms with Gasteiger partial charge in [0.15, 0.2) is 5.69 Å². The van der Waals surface area contributed by atoms with Crippen LogP contribution in [-0.2, 0) is 17.8 Å². The summed E-state index contributed by atoms with van der Waals surface area (Å²) in [5, 5.41) is 33.9. The summed E-state index contributed by atoms with van der Waals surface area (Å²) in [5.41, 5.74) is 2.57. The number of nitrogens with zero attached hydrogens (tertiary/aromatic N) is 3. The van der Waals surface area contributed by atoms with Crippen molar-refractivity contribution < 1.29 is 38.4 Å². The molecule has 0 aliphatic carbocycles. The molecule has 0 unspecified atom stereocenters. The van der Waals surface area contributed by atoms with Crippen LogP contribution in [0.2, 0.25) is 0 Å². The fourth-order valence-corrected chi connectivity index (χ4v) is 4.64. The first-order chi connectivity index (χ1) is 18.9. The van der Waals surface area contributed by atoms with E-state index >= 15 is 0 Å². The SMILES string of the molecule is COc1cc(F)ccc1CN(C)C(=O)c1nn(-c2ccc(F)cc2)c(CC[C@@H](O)C[C@@H](O)CC(=O)O)c1C(C)C. The number of amides is 1. The summed E-state index contributed by atoms with van der Waals surface area (Å²) in [7, 11) is 3.02. The van der Waals surface area contributed by atoms with E-state index in [9.17, 15) is 28.6 Å². The molecule has 0 spiro atoms. The van der Waals surface area contributed by atoms with Gasteiger partial charge in [-0.3, -0.25) is 9.59 Å². The highest BCUT2D eigenvalue weighted by molar-refractivity contribution is 5.94. The lowest BCUT2D eigenvalue weighted by Crippen LogP contribution is -2.28. The largest absolute Gasteiger partial charge is 0.496 e. The van der Waals surface area contributed by atoms with Crippen molar-refractivity contribution in [3.63, 3.8) is 0 Å². The molecule has 2 atom stereocenters. The second kappa shape index (κ2) is 13.5. The van der Waals surface area contributed by atoms with Crippen LogP contribution in [0.5, 0.6) is 5.75 Å². The predicted molar refractivity (Wildman–Crippen MR) is 144 cm³/mol. The average molecular weight is 560 g/mol. The lowest BCUT2D eigenvalue weighted by molar-refractivity contribution is -0.139. The number of hydrogen-bond acceptors (Lipinski definition) is 6. The smallest absolute Gasteiger partial charge is 0.305 e. The number of hydrogen-bond donors (Lipinski definition) is 3. The third-order valence-corrected chi connectivity index (χ3v) is 6.54. The quantitative estimate of drug-likeness (QED) is 0.288. The van der Waals surface area contributed by atoms with Crippen LogP contribution in [0, 0.1) is 11.6 Å². The van der Waals surface area contributed by atoms with Crippen molar-refractivity contribution in [2.75, 3.05) is 14.2 Å². The summed E-state index contributed by atoms with van der Waals surface area (Å²) in [6.07, 6.45) is -2.39. The highest BCUT2D eigenvalue weighted by Crippen LogP contribution is 2.30. The summed E-state index contributed by atoms with van der Waals surface area (Å²) in [6, 6.07) is 9.70. The van der Waals surface area contributed by atoms with Gasteiger partial charge in [0.25, 0.3) is 5.91 Å². The Morgan fingerprint density at radius 2 is 1.70 bits per heavy atom. The highest BCUT2D eigenvalue weighted by atomic mass is 19.1. The van der Waals surface area contributed by atoms with Gasteiger partial charge in [0.05, 0.1) is 31.4 Å². The van der Waals surface area contributed by atoms with Gasteiger partial charge in [-0.15, -0.1) is 0 Å². The molecule has 216 valence electrons. The van der Waals surface area contributed by atoms with Gasteiger partial charge in [-0.2, -0.15) is 5.10 Å². The number of aliphatic carboxylic acids is 1. The van der Waals surface area contributed by atoms with Gasteiger partial charge in [0, 0.05) is 36.5 Å². The molecule has 0 radical (unpaired) electrons. The number of rotatable bonds is 13. The van der Waals surface area contributed by atoms with Crippen LogP contribution in [0.1, 0.15) is 66.3 Å². The predicted octanol–water partition coefficient (Wildman–Crippen LogP) is 4.07. The van der Waals surface area contributed by atoms with E-state index in [2.05, 4.69) is 5.10 Å². The van der Waals surface area contributed by atoms with Gasteiger partial charge in [-0.1, -0.05) is 19.9 Å². The van der Waals surface area contributed by atoms with Crippen molar-refractivity contribution >= 4 is 11.9 Å². The molecule has 0 fully saturated rings. The number of carboxylic acid groups (broad SMARTS) is 1. The van der Waals surface area contributed by atoms with Crippen LogP contribution in [0.25, 0.3) is 5.69 Å². The Kier molecular flexibility index (Phi) is 10.4. The molecular weight excluding hydrogens is 524 g/mol. The fraction of sp³-hybridized carbons (Fsp3) is 0.414. The lowest BCUT2D eigenvalue weighted by Gasteiger charge is -2.19. The third-order valence-electron chi connectivity index (χ3n) is 6.54. The zero-order valence-corrected chi connectivity index (χ0v) is 23.0. The number of halogens is 2. The minimum Gasteiger partial charge on any atom is -0.496 e. The van der Waals surface area contributed by atoms with Gasteiger partial charge < -0.3 is 25.0 Å². The number of aromatic nitrogens is 2. The molecule has 9 nitrogen and oxygen atoms in total. The van der Waals surface area contributed by atoms with Crippen molar-refractivity contribution in [1.29, 1.82) is 0 Å². The van der Waals surface area contributed by atoms with E-state index < -0.39 is 42.1 Å². The first-order valence-corrected chi connectivity index (χ1v) is 12.9. The molecule has 3 N–H and O–H groups in total. The average Bonchev–Trinajstić information content (AvgIpc) is 3.27. The van der Waals surface area contributed by atoms with Crippen LogP contribution in [0.15, 0.2) is 42.5 Å². The van der Waals surface area contributed by atoms with E-state index in [1.807, 2.05) is 13.8 Å². The summed E-state index contributed by atoms with van der Waals surface area (Å²) in [6.45, 7) is 3.93. The minimum absolute atomic E-state index is 0.123. The first kappa shape index (κ1) is 30.7. The third kappa shape index (κ3) is 7.64. The molecule has 1 aromatic heterocycles. The van der Waals surface area contributed by atoms with Crippen LogP contribution >= 0.6 is 0 Å². The zero-order valence-electron chi connectivity index (χ0n) is 23.0. The number of carbonyl (C=O) groups excluding carboxylic acids is 1. The number of methoxy groups -OCH3 is 1. The first-order valence-electron chi connectivity index (χ1n) is 12.9. The van der Waals surface area contributed by atoms with Gasteiger partial charge >= 0.3 is 5.97 Å². The normalized spacial score (nSPS) is 12.8. The lowest BCUT2D eigenvalue weighted by atomic mass is 9.95. The van der Waals surface area contributed by atoms with Crippen LogP contribution in [0.3, 0.4) is 0 Å². The Morgan fingerprint density at radius 3 is 2.30 bits per heavy atom. The van der Waals surface area contributed by atoms with Crippen LogP contribution in [0.4, 0.5) is 8.78 Å². The number of carbonyl (C=O) groups is 2. The molecule has 2 aromatic carbocycles. The number of carboxylic acids is 1. The van der Waals surface area contributed by atoms with Crippen molar-refractivity contribution in [3.05, 3.63) is 76.6 Å². The number of aliphatic hydroxyl groups excluding tert-OH is 2. The van der Waals surface area contributed by atoms with E-state index in [4.69, 9.17) is 9.84 Å². The van der Waals surface area contributed by atoms with Crippen molar-refractivity contribution in [3.8, 4) is 11.4 Å². The van der Waals surface area contributed by atoms with Crippen LogP contribution in [-0.4, -0.2) is 68.2 Å². The maximum absolute atomic E-state index is 13.7. The maximum Gasteiger partial charge on any atom is 0.305 e. The summed E-state index contributed by atoms with van der Waals surface area (Å²) < 4.78 is 34.2. The second-order valence-electron chi connectivity index (χ2n) is 10.0. The Morgan fingerprint density at radius 1 is 1.05 bits per heavy atom. The molecule has 40 heavy (non-hydrogen) atoms. The molecule has 0 aliphatic rings. The summed E-state index contributed by atoms with van der Waals surface area (Å²) in [5.74, 6) is -2.31. The van der Waals surface area contributed by atoms with Gasteiger partial charge in [0.2, 0.25) is 0 Å². The Hall–Kier alpha value is -3.83. The molecule has 0 bridgehead atoms. The van der Waals surface area contributed by atoms with E-state index in [0.717, 1.165) is 0 Å². The molecule has 11 heteroatoms. The number of ether oxygens (including phenoxy) is 1. The standard InChI is InChI=1S/C29H35F2N3O6/c1-17(2)27-24(12-11-22(35)14-23(36)15-26(37)38)34(21-9-7-19(30)8-10-21)32-28(27)29(39)33(3)16-18-5-6-20(31)13-25(18)40-4/h5-10,13,17,22-23,35-36H,11-12,14-16H2,1-4H3,(H,37,38)/t22-,23-/m1/s1. The zero-order chi connectivity index (χ0) is 29.6. The molecule has 1 heterocycles. The summed E-state index contributed by atoms with van der Waals surface area (Å²) in [4.78, 5) is 26.0. The Bertz CT molecular complexity index is 1330. The van der Waals surface area contributed by atoms with Crippen molar-refractivity contribution in [2.24, 2.45) is 0 Å². The van der Waals surface area contributed by atoms with E-state index in [1.165, 1.54) is 48.4 Å². The summed E-state index contributed by atoms with van der Waals surface area (Å²) >= 11 is 0. The van der Waals surface area contributed by atoms with E-state index in [0.29, 0.717) is 28.3 Å². The van der Waals surface area contributed by atoms with Crippen molar-refractivity contribution in [1.82, 2.24) is 14.7 Å². The van der Waals surface area contributed by atoms with E-state index in [-0.39, 0.29) is 37.4 Å². The monoisotopic (exact) mass is 559 g/mol. The van der Waals surface area contributed by atoms with Gasteiger partial charge in [-0.05, 0) is 55.5 Å². The van der Waals surface area contributed by atoms with Crippen molar-refractivity contribution in [2.45, 2.75) is 64.2 Å². The second-order valence-corrected chi connectivity index (χ2v) is 10.0. The Balaban J connectivity index is 1.97. The molecule has 1 amide bonds. The molecule has 3 aromatic rings. The fourth-order valence-electron chi connectivity index (χ4n) is 4.64. The number of benzene rings is 2. The minimum atomic E-state index is -1.20. The van der Waals surface area contributed by atoms with Crippen LogP contribution < -0.4 is 4.74 Å². The molecular formula is C29H35F2N3O6. The molecule has 0 saturated carbocycles. The van der Waals surface area contributed by atoms with Gasteiger partial charge in [-0.25, -0.2) is 13.5 Å². The van der Waals surface area contributed by atoms with Gasteiger partial charge in [0.1, 0.15) is 17.4 Å². The maximum atomic E-state index is 13.7. The molecule has 0 saturated heterocycles.